The van der Waals surface area contributed by atoms with E-state index in [9.17, 15) is 24.3 Å². The van der Waals surface area contributed by atoms with Gasteiger partial charge >= 0.3 is 12.1 Å². The number of nitrogens with one attached hydrogen (secondary N) is 3. The molecule has 0 radical (unpaired) electrons. The second-order valence-corrected chi connectivity index (χ2v) is 11.1. The average molecular weight is 536 g/mol. The van der Waals surface area contributed by atoms with Crippen molar-refractivity contribution in [2.75, 3.05) is 6.61 Å². The van der Waals surface area contributed by atoms with Crippen LogP contribution in [0, 0.1) is 17.8 Å². The Bertz CT molecular complexity index is 913. The second-order valence-electron chi connectivity index (χ2n) is 11.1. The first kappa shape index (κ1) is 32.9. The Morgan fingerprint density at radius 1 is 0.921 bits per heavy atom. The summed E-state index contributed by atoms with van der Waals surface area (Å²) in [6.07, 6.45) is -1.78. The van der Waals surface area contributed by atoms with Crippen molar-refractivity contribution in [2.45, 2.75) is 92.1 Å². The van der Waals surface area contributed by atoms with E-state index in [1.807, 2.05) is 58.0 Å². The van der Waals surface area contributed by atoms with Crippen LogP contribution < -0.4 is 16.0 Å². The highest BCUT2D eigenvalue weighted by Gasteiger charge is 2.35. The van der Waals surface area contributed by atoms with Crippen LogP contribution in [0.5, 0.6) is 0 Å². The lowest BCUT2D eigenvalue weighted by Gasteiger charge is -2.32. The van der Waals surface area contributed by atoms with E-state index < -0.39 is 48.4 Å². The number of amides is 3. The highest BCUT2D eigenvalue weighted by atomic mass is 16.6. The van der Waals surface area contributed by atoms with E-state index in [4.69, 9.17) is 9.47 Å². The number of aliphatic hydroxyl groups is 1. The Morgan fingerprint density at radius 3 is 2.00 bits per heavy atom. The number of carbonyl (C=O) groups excluding carboxylic acids is 4. The summed E-state index contributed by atoms with van der Waals surface area (Å²) >= 11 is 0. The molecule has 0 saturated carbocycles. The molecule has 1 aromatic carbocycles. The van der Waals surface area contributed by atoms with Gasteiger partial charge in [-0.3, -0.25) is 14.4 Å². The number of rotatable bonds is 13. The summed E-state index contributed by atoms with van der Waals surface area (Å²) in [5.74, 6) is -2.39. The molecule has 4 N–H and O–H groups in total. The third kappa shape index (κ3) is 11.9. The molecule has 0 unspecified atom stereocenters. The third-order valence-corrected chi connectivity index (χ3v) is 5.85. The standard InChI is InChI=1S/C28H45N3O7/c1-17(2)21(14-23(37-19(5)33)22(16-32)30-27(36)38-28(6,7)8)25(34)31-24(18(3)4)26(35)29-15-20-12-10-9-11-13-20/h9-13,17-18,21-24,32H,14-16H2,1-8H3,(H,29,35)(H,30,36)(H,31,34)/t21-,22-,23-,24-/m0/s1. The van der Waals surface area contributed by atoms with Crippen LogP contribution in [0.2, 0.25) is 0 Å². The molecule has 1 rings (SSSR count). The Hall–Kier alpha value is -3.14. The van der Waals surface area contributed by atoms with Gasteiger partial charge in [-0.15, -0.1) is 0 Å². The summed E-state index contributed by atoms with van der Waals surface area (Å²) in [6, 6.07) is 7.67. The van der Waals surface area contributed by atoms with Crippen LogP contribution in [-0.4, -0.2) is 59.4 Å². The predicted octanol–water partition coefficient (Wildman–Crippen LogP) is 2.92. The molecule has 0 aliphatic rings. The van der Waals surface area contributed by atoms with Crippen molar-refractivity contribution in [2.24, 2.45) is 17.8 Å². The van der Waals surface area contributed by atoms with E-state index in [0.29, 0.717) is 6.54 Å². The number of esters is 1. The quantitative estimate of drug-likeness (QED) is 0.284. The zero-order valence-corrected chi connectivity index (χ0v) is 23.9. The van der Waals surface area contributed by atoms with E-state index in [2.05, 4.69) is 16.0 Å². The van der Waals surface area contributed by atoms with Gasteiger partial charge in [0.25, 0.3) is 0 Å². The number of hydrogen-bond donors (Lipinski definition) is 4. The summed E-state index contributed by atoms with van der Waals surface area (Å²) in [5, 5.41) is 18.2. The monoisotopic (exact) mass is 535 g/mol. The zero-order valence-electron chi connectivity index (χ0n) is 23.9. The van der Waals surface area contributed by atoms with Crippen LogP contribution in [0.15, 0.2) is 30.3 Å². The van der Waals surface area contributed by atoms with Crippen molar-refractivity contribution in [3.8, 4) is 0 Å². The molecule has 0 aliphatic heterocycles. The van der Waals surface area contributed by atoms with Crippen molar-refractivity contribution >= 4 is 23.9 Å². The first-order chi connectivity index (χ1) is 17.6. The van der Waals surface area contributed by atoms with Crippen LogP contribution in [0.1, 0.15) is 67.4 Å². The number of aliphatic hydroxyl groups excluding tert-OH is 1. The topological polar surface area (TPSA) is 143 Å². The van der Waals surface area contributed by atoms with Crippen LogP contribution in [0.4, 0.5) is 4.79 Å². The number of alkyl carbamates (subject to hydrolysis) is 1. The highest BCUT2D eigenvalue weighted by molar-refractivity contribution is 5.88. The highest BCUT2D eigenvalue weighted by Crippen LogP contribution is 2.22. The molecule has 0 fully saturated rings. The number of benzene rings is 1. The lowest BCUT2D eigenvalue weighted by Crippen LogP contribution is -2.53. The van der Waals surface area contributed by atoms with Crippen LogP contribution in [-0.2, 0) is 30.4 Å². The summed E-state index contributed by atoms with van der Waals surface area (Å²) in [5.41, 5.74) is 0.167. The number of carbonyl (C=O) groups is 4. The van der Waals surface area contributed by atoms with E-state index in [0.717, 1.165) is 5.56 Å². The minimum Gasteiger partial charge on any atom is -0.460 e. The van der Waals surface area contributed by atoms with Crippen LogP contribution >= 0.6 is 0 Å². The molecule has 38 heavy (non-hydrogen) atoms. The van der Waals surface area contributed by atoms with Gasteiger partial charge in [-0.1, -0.05) is 58.0 Å². The summed E-state index contributed by atoms with van der Waals surface area (Å²) in [7, 11) is 0. The molecule has 0 saturated heterocycles. The molecule has 0 heterocycles. The number of ether oxygens (including phenoxy) is 2. The minimum atomic E-state index is -1.01. The fraction of sp³-hybridized carbons (Fsp3) is 0.643. The Kier molecular flexibility index (Phi) is 13.3. The molecule has 214 valence electrons. The van der Waals surface area contributed by atoms with E-state index in [1.54, 1.807) is 20.8 Å². The van der Waals surface area contributed by atoms with Gasteiger partial charge in [0.1, 0.15) is 17.7 Å². The van der Waals surface area contributed by atoms with Crippen molar-refractivity contribution in [3.05, 3.63) is 35.9 Å². The van der Waals surface area contributed by atoms with Crippen LogP contribution in [0.25, 0.3) is 0 Å². The minimum absolute atomic E-state index is 0.0144. The van der Waals surface area contributed by atoms with E-state index >= 15 is 0 Å². The Balaban J connectivity index is 3.02. The van der Waals surface area contributed by atoms with Gasteiger partial charge in [0.05, 0.1) is 12.6 Å². The lowest BCUT2D eigenvalue weighted by molar-refractivity contribution is -0.151. The molecule has 4 atom stereocenters. The van der Waals surface area contributed by atoms with Gasteiger partial charge in [-0.05, 0) is 44.6 Å². The SMILES string of the molecule is CC(=O)O[C@@H](C[C@H](C(=O)N[C@H](C(=O)NCc1ccccc1)C(C)C)C(C)C)[C@H](CO)NC(=O)OC(C)(C)C. The van der Waals surface area contributed by atoms with Gasteiger partial charge in [-0.25, -0.2) is 4.79 Å². The average Bonchev–Trinajstić information content (AvgIpc) is 2.80. The molecule has 0 aliphatic carbocycles. The predicted molar refractivity (Wildman–Crippen MR) is 144 cm³/mol. The van der Waals surface area contributed by atoms with E-state index in [1.165, 1.54) is 6.92 Å². The summed E-state index contributed by atoms with van der Waals surface area (Å²) in [6.45, 7) is 13.4. The maximum absolute atomic E-state index is 13.4. The van der Waals surface area contributed by atoms with Crippen molar-refractivity contribution < 1.29 is 33.8 Å². The number of hydrogen-bond acceptors (Lipinski definition) is 7. The fourth-order valence-corrected chi connectivity index (χ4v) is 3.85. The van der Waals surface area contributed by atoms with Gasteiger partial charge in [0.2, 0.25) is 11.8 Å². The van der Waals surface area contributed by atoms with Gasteiger partial charge in [-0.2, -0.15) is 0 Å². The molecule has 10 nitrogen and oxygen atoms in total. The third-order valence-electron chi connectivity index (χ3n) is 5.85. The smallest absolute Gasteiger partial charge is 0.408 e. The molecule has 3 amide bonds. The maximum atomic E-state index is 13.4. The molecular formula is C28H45N3O7. The molecule has 0 aromatic heterocycles. The Morgan fingerprint density at radius 2 is 1.53 bits per heavy atom. The summed E-state index contributed by atoms with van der Waals surface area (Å²) in [4.78, 5) is 50.5. The molecular weight excluding hydrogens is 490 g/mol. The molecule has 1 aromatic rings. The van der Waals surface area contributed by atoms with Crippen molar-refractivity contribution in [1.29, 1.82) is 0 Å². The maximum Gasteiger partial charge on any atom is 0.408 e. The molecule has 0 bridgehead atoms. The van der Waals surface area contributed by atoms with E-state index in [-0.39, 0.29) is 30.1 Å². The largest absolute Gasteiger partial charge is 0.460 e. The summed E-state index contributed by atoms with van der Waals surface area (Å²) < 4.78 is 10.7. The molecule has 10 heteroatoms. The van der Waals surface area contributed by atoms with Gasteiger partial charge in [0, 0.05) is 19.4 Å². The van der Waals surface area contributed by atoms with Gasteiger partial charge in [0.15, 0.2) is 0 Å². The Labute approximate surface area is 226 Å². The lowest BCUT2D eigenvalue weighted by atomic mass is 9.86. The fourth-order valence-electron chi connectivity index (χ4n) is 3.85. The van der Waals surface area contributed by atoms with Crippen molar-refractivity contribution in [3.63, 3.8) is 0 Å². The normalized spacial score (nSPS) is 14.7. The zero-order chi connectivity index (χ0) is 29.0. The first-order valence-corrected chi connectivity index (χ1v) is 13.0. The van der Waals surface area contributed by atoms with Crippen LogP contribution in [0.3, 0.4) is 0 Å². The van der Waals surface area contributed by atoms with Crippen molar-refractivity contribution in [1.82, 2.24) is 16.0 Å². The van der Waals surface area contributed by atoms with Gasteiger partial charge < -0.3 is 30.5 Å². The second kappa shape index (κ2) is 15.3. The molecule has 0 spiro atoms. The first-order valence-electron chi connectivity index (χ1n) is 13.0.